The number of carbonyl (C=O) groups excluding carboxylic acids is 1. The van der Waals surface area contributed by atoms with Crippen molar-refractivity contribution in [1.82, 2.24) is 4.90 Å². The van der Waals surface area contributed by atoms with Gasteiger partial charge in [-0.05, 0) is 30.2 Å². The van der Waals surface area contributed by atoms with Crippen LogP contribution >= 0.6 is 11.8 Å². The zero-order chi connectivity index (χ0) is 19.2. The summed E-state index contributed by atoms with van der Waals surface area (Å²) in [6.45, 7) is 3.55. The lowest BCUT2D eigenvalue weighted by Crippen LogP contribution is -2.21. The molecule has 140 valence electrons. The average Bonchev–Trinajstić information content (AvgIpc) is 3.11. The van der Waals surface area contributed by atoms with Gasteiger partial charge in [-0.2, -0.15) is 0 Å². The molecule has 1 aliphatic rings. The Balaban J connectivity index is 1.99. The molecule has 0 N–H and O–H groups in total. The SMILES string of the molecule is CCOC(=O)/C(=C1/SCCN1Cc1ccccc1)c1ccc([N+](=O)[O-])cc1. The standard InChI is InChI=1S/C20H20N2O4S/c1-2-26-20(23)18(16-8-10-17(11-9-16)22(24)25)19-21(12-13-27-19)14-15-6-4-3-5-7-15/h3-11H,2,12-14H2,1H3/b19-18+. The highest BCUT2D eigenvalue weighted by atomic mass is 32.2. The third kappa shape index (κ3) is 4.49. The number of ether oxygens (including phenoxy) is 1. The molecule has 1 aliphatic heterocycles. The van der Waals surface area contributed by atoms with Gasteiger partial charge in [-0.15, -0.1) is 11.8 Å². The molecule has 1 saturated heterocycles. The van der Waals surface area contributed by atoms with Gasteiger partial charge in [0.15, 0.2) is 0 Å². The van der Waals surface area contributed by atoms with Crippen LogP contribution in [-0.4, -0.2) is 34.7 Å². The van der Waals surface area contributed by atoms with Gasteiger partial charge < -0.3 is 9.64 Å². The van der Waals surface area contributed by atoms with Crippen LogP contribution in [-0.2, 0) is 16.1 Å². The van der Waals surface area contributed by atoms with E-state index in [4.69, 9.17) is 4.74 Å². The molecule has 2 aromatic carbocycles. The number of non-ortho nitro benzene ring substituents is 1. The molecule has 1 fully saturated rings. The maximum Gasteiger partial charge on any atom is 0.341 e. The van der Waals surface area contributed by atoms with Crippen LogP contribution in [0, 0.1) is 10.1 Å². The number of benzene rings is 2. The quantitative estimate of drug-likeness (QED) is 0.323. The molecule has 1 heterocycles. The van der Waals surface area contributed by atoms with Gasteiger partial charge in [0.2, 0.25) is 0 Å². The van der Waals surface area contributed by atoms with Crippen LogP contribution in [0.2, 0.25) is 0 Å². The normalized spacial score (nSPS) is 15.5. The number of hydrogen-bond donors (Lipinski definition) is 0. The molecule has 2 aromatic rings. The molecule has 0 unspecified atom stereocenters. The first kappa shape index (κ1) is 19.0. The molecule has 0 spiro atoms. The minimum Gasteiger partial charge on any atom is -0.462 e. The van der Waals surface area contributed by atoms with E-state index < -0.39 is 10.9 Å². The first-order chi connectivity index (χ1) is 13.1. The smallest absolute Gasteiger partial charge is 0.341 e. The van der Waals surface area contributed by atoms with E-state index in [-0.39, 0.29) is 12.3 Å². The maximum atomic E-state index is 12.7. The van der Waals surface area contributed by atoms with Crippen molar-refractivity contribution in [3.63, 3.8) is 0 Å². The second kappa shape index (κ2) is 8.73. The molecule has 7 heteroatoms. The van der Waals surface area contributed by atoms with Crippen molar-refractivity contribution in [3.8, 4) is 0 Å². The van der Waals surface area contributed by atoms with Gasteiger partial charge in [0.1, 0.15) is 0 Å². The number of thioether (sulfide) groups is 1. The molecule has 27 heavy (non-hydrogen) atoms. The molecular formula is C20H20N2O4S. The van der Waals surface area contributed by atoms with Crippen LogP contribution in [0.15, 0.2) is 59.6 Å². The zero-order valence-electron chi connectivity index (χ0n) is 15.0. The predicted octanol–water partition coefficient (Wildman–Crippen LogP) is 4.08. The first-order valence-corrected chi connectivity index (χ1v) is 9.66. The Morgan fingerprint density at radius 3 is 2.52 bits per heavy atom. The lowest BCUT2D eigenvalue weighted by atomic mass is 10.1. The molecule has 6 nitrogen and oxygen atoms in total. The molecule has 0 bridgehead atoms. The fourth-order valence-electron chi connectivity index (χ4n) is 2.91. The summed E-state index contributed by atoms with van der Waals surface area (Å²) in [6, 6.07) is 16.1. The van der Waals surface area contributed by atoms with Gasteiger partial charge in [0.05, 0.1) is 22.1 Å². The third-order valence-electron chi connectivity index (χ3n) is 4.16. The Kier molecular flexibility index (Phi) is 6.13. The number of esters is 1. The van der Waals surface area contributed by atoms with E-state index in [0.717, 1.165) is 22.9 Å². The molecule has 0 saturated carbocycles. The Morgan fingerprint density at radius 2 is 1.89 bits per heavy atom. The maximum absolute atomic E-state index is 12.7. The summed E-state index contributed by atoms with van der Waals surface area (Å²) in [5.74, 6) is 0.465. The lowest BCUT2D eigenvalue weighted by molar-refractivity contribution is -0.384. The minimum atomic E-state index is -0.451. The molecular weight excluding hydrogens is 364 g/mol. The Bertz CT molecular complexity index is 850. The van der Waals surface area contributed by atoms with E-state index in [0.29, 0.717) is 17.7 Å². The van der Waals surface area contributed by atoms with Crippen LogP contribution < -0.4 is 0 Å². The van der Waals surface area contributed by atoms with Crippen LogP contribution in [0.5, 0.6) is 0 Å². The van der Waals surface area contributed by atoms with Crippen LogP contribution in [0.4, 0.5) is 5.69 Å². The topological polar surface area (TPSA) is 72.7 Å². The molecule has 0 amide bonds. The molecule has 0 atom stereocenters. The van der Waals surface area contributed by atoms with Crippen LogP contribution in [0.1, 0.15) is 18.1 Å². The van der Waals surface area contributed by atoms with Gasteiger partial charge in [-0.1, -0.05) is 30.3 Å². The highest BCUT2D eigenvalue weighted by molar-refractivity contribution is 8.03. The number of carbonyl (C=O) groups is 1. The van der Waals surface area contributed by atoms with Gasteiger partial charge >= 0.3 is 5.97 Å². The van der Waals surface area contributed by atoms with E-state index in [1.165, 1.54) is 12.1 Å². The molecule has 0 aliphatic carbocycles. The summed E-state index contributed by atoms with van der Waals surface area (Å²) in [5, 5.41) is 11.8. The van der Waals surface area contributed by atoms with E-state index >= 15 is 0 Å². The van der Waals surface area contributed by atoms with E-state index in [1.807, 2.05) is 18.2 Å². The average molecular weight is 384 g/mol. The van der Waals surface area contributed by atoms with Gasteiger partial charge in [-0.25, -0.2) is 4.79 Å². The second-order valence-corrected chi connectivity index (χ2v) is 7.04. The summed E-state index contributed by atoms with van der Waals surface area (Å²) in [5.41, 5.74) is 2.24. The van der Waals surface area contributed by atoms with Crippen molar-refractivity contribution in [3.05, 3.63) is 80.9 Å². The molecule has 3 rings (SSSR count). The summed E-state index contributed by atoms with van der Waals surface area (Å²) in [4.78, 5) is 25.3. The highest BCUT2D eigenvalue weighted by Gasteiger charge is 2.28. The van der Waals surface area contributed by atoms with Crippen molar-refractivity contribution < 1.29 is 14.5 Å². The second-order valence-electron chi connectivity index (χ2n) is 5.96. The predicted molar refractivity (Wildman–Crippen MR) is 106 cm³/mol. The van der Waals surface area contributed by atoms with E-state index in [1.54, 1.807) is 30.8 Å². The summed E-state index contributed by atoms with van der Waals surface area (Å²) < 4.78 is 5.28. The van der Waals surface area contributed by atoms with Gasteiger partial charge in [0.25, 0.3) is 5.69 Å². The lowest BCUT2D eigenvalue weighted by Gasteiger charge is -2.22. The van der Waals surface area contributed by atoms with Gasteiger partial charge in [-0.3, -0.25) is 10.1 Å². The first-order valence-electron chi connectivity index (χ1n) is 8.68. The Labute approximate surface area is 162 Å². The summed E-state index contributed by atoms with van der Waals surface area (Å²) >= 11 is 1.61. The van der Waals surface area contributed by atoms with Crippen molar-refractivity contribution in [2.24, 2.45) is 0 Å². The Morgan fingerprint density at radius 1 is 1.19 bits per heavy atom. The Hall–Kier alpha value is -2.80. The number of rotatable bonds is 6. The number of nitrogens with zero attached hydrogens (tertiary/aromatic N) is 2. The van der Waals surface area contributed by atoms with E-state index in [2.05, 4.69) is 17.0 Å². The largest absolute Gasteiger partial charge is 0.462 e. The molecule has 0 radical (unpaired) electrons. The number of nitro groups is 1. The van der Waals surface area contributed by atoms with Crippen molar-refractivity contribution >= 4 is 29.0 Å². The van der Waals surface area contributed by atoms with E-state index in [9.17, 15) is 14.9 Å². The fraction of sp³-hybridized carbons (Fsp3) is 0.250. The number of nitro benzene ring substituents is 1. The summed E-state index contributed by atoms with van der Waals surface area (Å²) in [6.07, 6.45) is 0. The van der Waals surface area contributed by atoms with Crippen molar-refractivity contribution in [2.75, 3.05) is 18.9 Å². The van der Waals surface area contributed by atoms with Gasteiger partial charge in [0, 0.05) is 31.0 Å². The summed E-state index contributed by atoms with van der Waals surface area (Å²) in [7, 11) is 0. The van der Waals surface area contributed by atoms with Crippen LogP contribution in [0.25, 0.3) is 5.57 Å². The fourth-order valence-corrected chi connectivity index (χ4v) is 4.10. The third-order valence-corrected chi connectivity index (χ3v) is 5.29. The monoisotopic (exact) mass is 384 g/mol. The highest BCUT2D eigenvalue weighted by Crippen LogP contribution is 2.37. The minimum absolute atomic E-state index is 0.00724. The van der Waals surface area contributed by atoms with Crippen molar-refractivity contribution in [1.29, 1.82) is 0 Å². The van der Waals surface area contributed by atoms with Crippen molar-refractivity contribution in [2.45, 2.75) is 13.5 Å². The van der Waals surface area contributed by atoms with Crippen LogP contribution in [0.3, 0.4) is 0 Å². The zero-order valence-corrected chi connectivity index (χ0v) is 15.8. The molecule has 0 aromatic heterocycles. The number of hydrogen-bond acceptors (Lipinski definition) is 6.